The lowest BCUT2D eigenvalue weighted by molar-refractivity contribution is -0.135. The van der Waals surface area contributed by atoms with Gasteiger partial charge >= 0.3 is 0 Å². The Labute approximate surface area is 134 Å². The average molecular weight is 323 g/mol. The lowest BCUT2D eigenvalue weighted by Gasteiger charge is -2.23. The Balaban J connectivity index is 1.92. The lowest BCUT2D eigenvalue weighted by Crippen LogP contribution is -2.47. The first-order valence-corrected chi connectivity index (χ1v) is 8.33. The molecule has 2 amide bonds. The zero-order valence-electron chi connectivity index (χ0n) is 12.8. The number of methoxy groups -OCH3 is 1. The molecule has 6 nitrogen and oxygen atoms in total. The van der Waals surface area contributed by atoms with Crippen molar-refractivity contribution in [2.45, 2.75) is 13.0 Å². The van der Waals surface area contributed by atoms with E-state index in [2.05, 4.69) is 10.6 Å². The molecule has 2 N–H and O–H groups in total. The molecule has 1 aromatic carbocycles. The van der Waals surface area contributed by atoms with Gasteiger partial charge in [0, 0.05) is 29.9 Å². The topological polar surface area (TPSA) is 70.7 Å². The molecule has 0 unspecified atom stereocenters. The first-order valence-electron chi connectivity index (χ1n) is 7.18. The van der Waals surface area contributed by atoms with Crippen LogP contribution in [0.4, 0.5) is 5.69 Å². The molecule has 1 fully saturated rings. The zero-order valence-corrected chi connectivity index (χ0v) is 13.6. The SMILES string of the molecule is CCN(CC(=O)Nc1cccc(OC)c1)C(=O)[C@H]1CSCN1. The van der Waals surface area contributed by atoms with Gasteiger partial charge in [-0.1, -0.05) is 6.07 Å². The third kappa shape index (κ3) is 4.38. The van der Waals surface area contributed by atoms with E-state index in [1.165, 1.54) is 0 Å². The number of nitrogens with zero attached hydrogens (tertiary/aromatic N) is 1. The van der Waals surface area contributed by atoms with Crippen LogP contribution in [-0.2, 0) is 9.59 Å². The maximum absolute atomic E-state index is 12.3. The van der Waals surface area contributed by atoms with E-state index in [1.807, 2.05) is 6.92 Å². The summed E-state index contributed by atoms with van der Waals surface area (Å²) >= 11 is 1.69. The molecule has 7 heteroatoms. The highest BCUT2D eigenvalue weighted by Gasteiger charge is 2.27. The maximum Gasteiger partial charge on any atom is 0.243 e. The van der Waals surface area contributed by atoms with Crippen molar-refractivity contribution in [1.82, 2.24) is 10.2 Å². The second-order valence-corrected chi connectivity index (χ2v) is 5.93. The van der Waals surface area contributed by atoms with Crippen LogP contribution in [0, 0.1) is 0 Å². The van der Waals surface area contributed by atoms with Crippen LogP contribution in [0.15, 0.2) is 24.3 Å². The summed E-state index contributed by atoms with van der Waals surface area (Å²) in [7, 11) is 1.57. The standard InChI is InChI=1S/C15H21N3O3S/c1-3-18(15(20)13-9-22-10-16-13)8-14(19)17-11-5-4-6-12(7-11)21-2/h4-7,13,16H,3,8-10H2,1-2H3,(H,17,19)/t13-/m1/s1. The summed E-state index contributed by atoms with van der Waals surface area (Å²) in [5.41, 5.74) is 0.655. The monoisotopic (exact) mass is 323 g/mol. The first-order chi connectivity index (χ1) is 10.6. The van der Waals surface area contributed by atoms with E-state index >= 15 is 0 Å². The Hall–Kier alpha value is -1.73. The van der Waals surface area contributed by atoms with Gasteiger partial charge in [0.25, 0.3) is 0 Å². The third-order valence-corrected chi connectivity index (χ3v) is 4.34. The van der Waals surface area contributed by atoms with Crippen LogP contribution < -0.4 is 15.4 Å². The molecule has 0 saturated carbocycles. The highest BCUT2D eigenvalue weighted by atomic mass is 32.2. The van der Waals surface area contributed by atoms with Gasteiger partial charge in [0.15, 0.2) is 0 Å². The highest BCUT2D eigenvalue weighted by Crippen LogP contribution is 2.17. The molecule has 0 spiro atoms. The molecular formula is C15H21N3O3S. The molecule has 0 aliphatic carbocycles. The van der Waals surface area contributed by atoms with Crippen LogP contribution in [-0.4, -0.2) is 54.6 Å². The molecule has 22 heavy (non-hydrogen) atoms. The summed E-state index contributed by atoms with van der Waals surface area (Å²) in [5, 5.41) is 5.92. The van der Waals surface area contributed by atoms with Crippen molar-refractivity contribution in [3.63, 3.8) is 0 Å². The number of thioether (sulfide) groups is 1. The number of hydrogen-bond donors (Lipinski definition) is 2. The molecule has 0 bridgehead atoms. The molecule has 120 valence electrons. The van der Waals surface area contributed by atoms with E-state index in [9.17, 15) is 9.59 Å². The normalized spacial score (nSPS) is 17.1. The molecule has 0 aromatic heterocycles. The van der Waals surface area contributed by atoms with Crippen molar-refractivity contribution >= 4 is 29.3 Å². The van der Waals surface area contributed by atoms with E-state index < -0.39 is 0 Å². The number of carbonyl (C=O) groups excluding carboxylic acids is 2. The molecule has 1 heterocycles. The van der Waals surface area contributed by atoms with Crippen LogP contribution in [0.2, 0.25) is 0 Å². The van der Waals surface area contributed by atoms with Gasteiger partial charge in [-0.3, -0.25) is 14.9 Å². The number of nitrogens with one attached hydrogen (secondary N) is 2. The van der Waals surface area contributed by atoms with E-state index in [0.29, 0.717) is 18.0 Å². The minimum atomic E-state index is -0.214. The van der Waals surface area contributed by atoms with Gasteiger partial charge in [-0.2, -0.15) is 0 Å². The zero-order chi connectivity index (χ0) is 15.9. The largest absolute Gasteiger partial charge is 0.497 e. The summed E-state index contributed by atoms with van der Waals surface area (Å²) < 4.78 is 5.12. The van der Waals surface area contributed by atoms with Crippen LogP contribution >= 0.6 is 11.8 Å². The van der Waals surface area contributed by atoms with Gasteiger partial charge in [-0.05, 0) is 19.1 Å². The number of rotatable bonds is 6. The number of benzene rings is 1. The van der Waals surface area contributed by atoms with Crippen LogP contribution in [0.3, 0.4) is 0 Å². The van der Waals surface area contributed by atoms with Crippen molar-refractivity contribution in [2.24, 2.45) is 0 Å². The molecule has 2 rings (SSSR count). The quantitative estimate of drug-likeness (QED) is 0.822. The predicted octanol–water partition coefficient (Wildman–Crippen LogP) is 1.14. The molecule has 1 saturated heterocycles. The van der Waals surface area contributed by atoms with Crippen molar-refractivity contribution in [2.75, 3.05) is 37.1 Å². The fourth-order valence-electron chi connectivity index (χ4n) is 2.19. The minimum absolute atomic E-state index is 0.0201. The predicted molar refractivity (Wildman–Crippen MR) is 88.1 cm³/mol. The Morgan fingerprint density at radius 2 is 2.32 bits per heavy atom. The van der Waals surface area contributed by atoms with E-state index in [1.54, 1.807) is 48.0 Å². The summed E-state index contributed by atoms with van der Waals surface area (Å²) in [6, 6.07) is 6.95. The third-order valence-electron chi connectivity index (χ3n) is 3.40. The second kappa shape index (κ2) is 8.05. The molecule has 1 aliphatic heterocycles. The summed E-state index contributed by atoms with van der Waals surface area (Å²) in [4.78, 5) is 26.0. The van der Waals surface area contributed by atoms with Gasteiger partial charge in [0.2, 0.25) is 11.8 Å². The number of carbonyl (C=O) groups is 2. The smallest absolute Gasteiger partial charge is 0.243 e. The molecule has 1 aliphatic rings. The summed E-state index contributed by atoms with van der Waals surface area (Å²) in [6.45, 7) is 2.43. The highest BCUT2D eigenvalue weighted by molar-refractivity contribution is 7.99. The molecule has 0 radical (unpaired) electrons. The second-order valence-electron chi connectivity index (χ2n) is 4.90. The van der Waals surface area contributed by atoms with Crippen LogP contribution in [0.1, 0.15) is 6.92 Å². The number of amides is 2. The van der Waals surface area contributed by atoms with Gasteiger partial charge in [-0.15, -0.1) is 11.8 Å². The Bertz CT molecular complexity index is 533. The van der Waals surface area contributed by atoms with Gasteiger partial charge in [0.1, 0.15) is 5.75 Å². The van der Waals surface area contributed by atoms with Crippen molar-refractivity contribution in [1.29, 1.82) is 0 Å². The maximum atomic E-state index is 12.3. The van der Waals surface area contributed by atoms with Gasteiger partial charge in [0.05, 0.1) is 19.7 Å². The van der Waals surface area contributed by atoms with Crippen molar-refractivity contribution in [3.05, 3.63) is 24.3 Å². The number of ether oxygens (including phenoxy) is 1. The van der Waals surface area contributed by atoms with Crippen LogP contribution in [0.5, 0.6) is 5.75 Å². The van der Waals surface area contributed by atoms with Gasteiger partial charge < -0.3 is 15.0 Å². The first kappa shape index (κ1) is 16.6. The number of likely N-dealkylation sites (N-methyl/N-ethyl adjacent to an activating group) is 1. The Morgan fingerprint density at radius 3 is 2.95 bits per heavy atom. The molecule has 1 atom stereocenters. The summed E-state index contributed by atoms with van der Waals surface area (Å²) in [5.74, 6) is 1.98. The van der Waals surface area contributed by atoms with Crippen LogP contribution in [0.25, 0.3) is 0 Å². The summed E-state index contributed by atoms with van der Waals surface area (Å²) in [6.07, 6.45) is 0. The molecular weight excluding hydrogens is 302 g/mol. The van der Waals surface area contributed by atoms with E-state index in [4.69, 9.17) is 4.74 Å². The average Bonchev–Trinajstić information content (AvgIpc) is 3.06. The van der Waals surface area contributed by atoms with E-state index in [0.717, 1.165) is 11.6 Å². The number of hydrogen-bond acceptors (Lipinski definition) is 5. The minimum Gasteiger partial charge on any atom is -0.497 e. The fourth-order valence-corrected chi connectivity index (χ4v) is 3.13. The fraction of sp³-hybridized carbons (Fsp3) is 0.467. The Morgan fingerprint density at radius 1 is 1.50 bits per heavy atom. The van der Waals surface area contributed by atoms with E-state index in [-0.39, 0.29) is 24.4 Å². The van der Waals surface area contributed by atoms with Gasteiger partial charge in [-0.25, -0.2) is 0 Å². The molecule has 1 aromatic rings. The van der Waals surface area contributed by atoms with Crippen molar-refractivity contribution < 1.29 is 14.3 Å². The Kier molecular flexibility index (Phi) is 6.09. The lowest BCUT2D eigenvalue weighted by atomic mass is 10.2. The number of anilines is 1. The van der Waals surface area contributed by atoms with Crippen molar-refractivity contribution in [3.8, 4) is 5.75 Å².